The van der Waals surface area contributed by atoms with Crippen LogP contribution in [0.3, 0.4) is 0 Å². The van der Waals surface area contributed by atoms with E-state index in [1.807, 2.05) is 0 Å². The molecule has 1 atom stereocenters. The second-order valence-corrected chi connectivity index (χ2v) is 11.6. The van der Waals surface area contributed by atoms with Gasteiger partial charge in [0, 0.05) is 36.0 Å². The van der Waals surface area contributed by atoms with Crippen LogP contribution in [-0.2, 0) is 11.0 Å². The number of aliphatic carboxylic acids is 1. The van der Waals surface area contributed by atoms with Crippen LogP contribution >= 0.6 is 10.0 Å². The number of nitrogens with two attached hydrogens (primary N) is 1. The van der Waals surface area contributed by atoms with Gasteiger partial charge in [-0.3, -0.25) is 14.6 Å². The lowest BCUT2D eigenvalue weighted by Crippen LogP contribution is -2.22. The molecule has 6 nitrogen and oxygen atoms in total. The number of benzene rings is 2. The molecule has 192 valence electrons. The van der Waals surface area contributed by atoms with Crippen molar-refractivity contribution in [1.29, 1.82) is 0 Å². The first-order chi connectivity index (χ1) is 16.9. The van der Waals surface area contributed by atoms with Gasteiger partial charge in [0.25, 0.3) is 5.24 Å². The number of ether oxygens (including phenoxy) is 1. The molecule has 3 rings (SSSR count). The van der Waals surface area contributed by atoms with E-state index in [4.69, 9.17) is 15.6 Å². The van der Waals surface area contributed by atoms with Crippen molar-refractivity contribution < 1.29 is 37.0 Å². The molecule has 0 aliphatic carbocycles. The maximum absolute atomic E-state index is 13.9. The number of methoxy groups -OCH3 is 1. The van der Waals surface area contributed by atoms with Gasteiger partial charge in [0.05, 0.1) is 12.7 Å². The Morgan fingerprint density at radius 2 is 1.81 bits per heavy atom. The number of hydrogen-bond donors (Lipinski definition) is 2. The second-order valence-electron chi connectivity index (χ2n) is 8.12. The number of nitrogens with zero attached hydrogens (tertiary/aromatic N) is 1. The largest absolute Gasteiger partial charge is 0.496 e. The average Bonchev–Trinajstić information content (AvgIpc) is 2.82. The highest BCUT2D eigenvalue weighted by atomic mass is 32.3. The molecule has 0 aliphatic heterocycles. The molecule has 0 spiro atoms. The van der Waals surface area contributed by atoms with Crippen molar-refractivity contribution in [2.45, 2.75) is 23.9 Å². The molecule has 0 saturated heterocycles. The summed E-state index contributed by atoms with van der Waals surface area (Å²) in [5.74, 6) is -1.44. The molecule has 1 unspecified atom stereocenters. The van der Waals surface area contributed by atoms with E-state index in [1.54, 1.807) is 6.07 Å². The van der Waals surface area contributed by atoms with E-state index >= 15 is 0 Å². The molecule has 1 aromatic heterocycles. The SMILES string of the molecule is COc1cc(F)ccc1-c1ccncc1-c1cc(C(F)(F)F)cc(S(C)(CCCC(=O)O)C(N)=O)c1. The van der Waals surface area contributed by atoms with Gasteiger partial charge in [-0.25, -0.2) is 4.39 Å². The first-order valence-corrected chi connectivity index (χ1v) is 12.9. The number of carboxylic acid groups (broad SMARTS) is 1. The van der Waals surface area contributed by atoms with E-state index in [1.165, 1.54) is 44.0 Å². The van der Waals surface area contributed by atoms with Gasteiger partial charge in [0.2, 0.25) is 0 Å². The Morgan fingerprint density at radius 3 is 2.42 bits per heavy atom. The van der Waals surface area contributed by atoms with Crippen molar-refractivity contribution in [2.24, 2.45) is 5.73 Å². The molecule has 2 aromatic carbocycles. The van der Waals surface area contributed by atoms with Crippen LogP contribution in [0.25, 0.3) is 22.3 Å². The molecule has 0 bridgehead atoms. The summed E-state index contributed by atoms with van der Waals surface area (Å²) < 4.78 is 60.9. The quantitative estimate of drug-likeness (QED) is 0.336. The first kappa shape index (κ1) is 27.0. The number of alkyl halides is 3. The number of aromatic nitrogens is 1. The van der Waals surface area contributed by atoms with Crippen molar-refractivity contribution in [3.8, 4) is 28.0 Å². The lowest BCUT2D eigenvalue weighted by molar-refractivity contribution is -0.138. The fourth-order valence-electron chi connectivity index (χ4n) is 3.77. The Balaban J connectivity index is 2.25. The van der Waals surface area contributed by atoms with E-state index in [2.05, 4.69) is 4.98 Å². The molecule has 1 amide bonds. The predicted octanol–water partition coefficient (Wildman–Crippen LogP) is 6.32. The van der Waals surface area contributed by atoms with Crippen molar-refractivity contribution in [3.05, 3.63) is 66.2 Å². The topological polar surface area (TPSA) is 103 Å². The van der Waals surface area contributed by atoms with Crippen molar-refractivity contribution in [1.82, 2.24) is 4.98 Å². The van der Waals surface area contributed by atoms with Crippen LogP contribution in [0.2, 0.25) is 0 Å². The predicted molar refractivity (Wildman–Crippen MR) is 130 cm³/mol. The Bertz CT molecular complexity index is 1300. The van der Waals surface area contributed by atoms with Gasteiger partial charge in [0.15, 0.2) is 0 Å². The van der Waals surface area contributed by atoms with E-state index < -0.39 is 38.8 Å². The zero-order chi connectivity index (χ0) is 26.7. The fourth-order valence-corrected chi connectivity index (χ4v) is 5.94. The number of primary amides is 1. The van der Waals surface area contributed by atoms with E-state index in [9.17, 15) is 27.2 Å². The minimum Gasteiger partial charge on any atom is -0.496 e. The van der Waals surface area contributed by atoms with Crippen molar-refractivity contribution in [3.63, 3.8) is 0 Å². The van der Waals surface area contributed by atoms with E-state index in [0.717, 1.165) is 18.2 Å². The summed E-state index contributed by atoms with van der Waals surface area (Å²) in [6.45, 7) is 0. The Kier molecular flexibility index (Phi) is 7.92. The summed E-state index contributed by atoms with van der Waals surface area (Å²) in [4.78, 5) is 27.6. The Morgan fingerprint density at radius 1 is 1.08 bits per heavy atom. The van der Waals surface area contributed by atoms with Crippen LogP contribution in [-0.4, -0.2) is 40.4 Å². The smallest absolute Gasteiger partial charge is 0.416 e. The number of amides is 1. The number of carbonyl (C=O) groups is 2. The van der Waals surface area contributed by atoms with Crippen LogP contribution in [0.5, 0.6) is 5.75 Å². The number of hydrogen-bond acceptors (Lipinski definition) is 4. The van der Waals surface area contributed by atoms with Crippen LogP contribution in [0, 0.1) is 5.82 Å². The molecule has 0 fully saturated rings. The van der Waals surface area contributed by atoms with Gasteiger partial charge in [-0.05, 0) is 70.9 Å². The lowest BCUT2D eigenvalue weighted by atomic mass is 9.95. The standard InChI is InChI=1S/C25H24F4N2O4S/c1-35-22-13-17(26)5-6-20(22)19-7-8-31-14-21(19)15-10-16(25(27,28)29)12-18(11-15)36(2,24(30)34)9-3-4-23(32)33/h5-8,10-14H,3-4,9H2,1-2H3,(H2,30,34)(H,32,33). The van der Waals surface area contributed by atoms with Gasteiger partial charge >= 0.3 is 12.1 Å². The first-order valence-electron chi connectivity index (χ1n) is 10.6. The molecule has 0 aliphatic rings. The Hall–Kier alpha value is -3.60. The summed E-state index contributed by atoms with van der Waals surface area (Å²) in [7, 11) is -1.31. The van der Waals surface area contributed by atoms with Crippen molar-refractivity contribution in [2.75, 3.05) is 19.1 Å². The van der Waals surface area contributed by atoms with E-state index in [-0.39, 0.29) is 34.8 Å². The highest BCUT2D eigenvalue weighted by Crippen LogP contribution is 2.55. The molecule has 1 heterocycles. The monoisotopic (exact) mass is 524 g/mol. The van der Waals surface area contributed by atoms with Gasteiger partial charge in [-0.2, -0.15) is 13.2 Å². The zero-order valence-electron chi connectivity index (χ0n) is 19.4. The maximum Gasteiger partial charge on any atom is 0.416 e. The van der Waals surface area contributed by atoms with Crippen LogP contribution in [0.15, 0.2) is 59.8 Å². The lowest BCUT2D eigenvalue weighted by Gasteiger charge is -2.33. The molecule has 11 heteroatoms. The third kappa shape index (κ3) is 5.78. The summed E-state index contributed by atoms with van der Waals surface area (Å²) in [5, 5.41) is 8.16. The molecular weight excluding hydrogens is 500 g/mol. The number of pyridine rings is 1. The van der Waals surface area contributed by atoms with Crippen LogP contribution < -0.4 is 10.5 Å². The zero-order valence-corrected chi connectivity index (χ0v) is 20.3. The van der Waals surface area contributed by atoms with Gasteiger partial charge in [-0.1, -0.05) is 0 Å². The summed E-state index contributed by atoms with van der Waals surface area (Å²) in [6, 6.07) is 8.66. The number of rotatable bonds is 8. The second kappa shape index (κ2) is 10.6. The number of carbonyl (C=O) groups excluding carboxylic acids is 1. The number of carboxylic acids is 1. The van der Waals surface area contributed by atoms with Crippen LogP contribution in [0.4, 0.5) is 22.4 Å². The fraction of sp³-hybridized carbons (Fsp3) is 0.240. The van der Waals surface area contributed by atoms with Gasteiger partial charge in [-0.15, -0.1) is 10.0 Å². The summed E-state index contributed by atoms with van der Waals surface area (Å²) in [6.07, 6.45) is -0.623. The Labute approximate surface area is 206 Å². The minimum atomic E-state index is -4.74. The van der Waals surface area contributed by atoms with Crippen molar-refractivity contribution >= 4 is 21.2 Å². The molecule has 36 heavy (non-hydrogen) atoms. The van der Waals surface area contributed by atoms with Gasteiger partial charge < -0.3 is 15.6 Å². The maximum atomic E-state index is 13.9. The highest BCUT2D eigenvalue weighted by Gasteiger charge is 2.35. The normalized spacial score (nSPS) is 14.1. The number of halogens is 4. The summed E-state index contributed by atoms with van der Waals surface area (Å²) in [5.41, 5.74) is 5.94. The molecule has 3 aromatic rings. The third-order valence-corrected chi connectivity index (χ3v) is 9.00. The molecule has 0 radical (unpaired) electrons. The van der Waals surface area contributed by atoms with Crippen LogP contribution in [0.1, 0.15) is 18.4 Å². The van der Waals surface area contributed by atoms with Gasteiger partial charge in [0.1, 0.15) is 11.6 Å². The average molecular weight is 525 g/mol. The molecule has 3 N–H and O–H groups in total. The minimum absolute atomic E-state index is 0.0149. The molecule has 0 saturated carbocycles. The third-order valence-electron chi connectivity index (χ3n) is 5.73. The summed E-state index contributed by atoms with van der Waals surface area (Å²) >= 11 is 0. The molecular formula is C25H24F4N2O4S. The highest BCUT2D eigenvalue weighted by molar-refractivity contribution is 8.44. The van der Waals surface area contributed by atoms with E-state index in [0.29, 0.717) is 16.7 Å².